The van der Waals surface area contributed by atoms with Crippen LogP contribution in [-0.2, 0) is 6.42 Å². The number of aromatic carboxylic acids is 1. The first-order valence-corrected chi connectivity index (χ1v) is 6.58. The number of carboxylic acids is 1. The van der Waals surface area contributed by atoms with Crippen molar-refractivity contribution in [1.29, 1.82) is 0 Å². The highest BCUT2D eigenvalue weighted by molar-refractivity contribution is 7.17. The van der Waals surface area contributed by atoms with Crippen LogP contribution in [0.4, 0.5) is 0 Å². The lowest BCUT2D eigenvalue weighted by Gasteiger charge is -2.01. The number of thiazole rings is 1. The molecule has 0 aliphatic heterocycles. The van der Waals surface area contributed by atoms with Gasteiger partial charge < -0.3 is 9.52 Å². The van der Waals surface area contributed by atoms with Gasteiger partial charge in [0.1, 0.15) is 4.88 Å². The summed E-state index contributed by atoms with van der Waals surface area (Å²) in [7, 11) is 0. The first-order valence-electron chi connectivity index (χ1n) is 5.76. The molecule has 96 valence electrons. The van der Waals surface area contributed by atoms with Crippen molar-refractivity contribution in [2.24, 2.45) is 5.92 Å². The van der Waals surface area contributed by atoms with Crippen LogP contribution in [0.25, 0.3) is 10.8 Å². The summed E-state index contributed by atoms with van der Waals surface area (Å²) < 4.78 is 5.36. The SMILES string of the molecule is Cc1ccoc1-c1nc(CC(C)C)c(C(=O)O)s1. The van der Waals surface area contributed by atoms with E-state index >= 15 is 0 Å². The second-order valence-electron chi connectivity index (χ2n) is 4.63. The van der Waals surface area contributed by atoms with Crippen LogP contribution in [0, 0.1) is 12.8 Å². The molecule has 1 N–H and O–H groups in total. The van der Waals surface area contributed by atoms with Crippen molar-refractivity contribution in [1.82, 2.24) is 4.98 Å². The van der Waals surface area contributed by atoms with E-state index in [4.69, 9.17) is 4.42 Å². The third-order valence-electron chi connectivity index (χ3n) is 2.55. The maximum atomic E-state index is 11.2. The third-order valence-corrected chi connectivity index (χ3v) is 3.63. The number of nitrogens with zero attached hydrogens (tertiary/aromatic N) is 1. The van der Waals surface area contributed by atoms with Gasteiger partial charge in [0.05, 0.1) is 12.0 Å². The minimum absolute atomic E-state index is 0.314. The highest BCUT2D eigenvalue weighted by Gasteiger charge is 2.20. The second kappa shape index (κ2) is 4.94. The fourth-order valence-corrected chi connectivity index (χ4v) is 2.72. The Morgan fingerprint density at radius 2 is 2.28 bits per heavy atom. The van der Waals surface area contributed by atoms with Crippen molar-refractivity contribution < 1.29 is 14.3 Å². The van der Waals surface area contributed by atoms with Gasteiger partial charge >= 0.3 is 5.97 Å². The second-order valence-corrected chi connectivity index (χ2v) is 5.63. The van der Waals surface area contributed by atoms with Crippen LogP contribution >= 0.6 is 11.3 Å². The predicted molar refractivity (Wildman–Crippen MR) is 70.1 cm³/mol. The van der Waals surface area contributed by atoms with E-state index in [1.807, 2.05) is 26.8 Å². The number of carbonyl (C=O) groups is 1. The molecule has 0 aliphatic rings. The Balaban J connectivity index is 2.45. The molecule has 5 heteroatoms. The Labute approximate surface area is 109 Å². The Hall–Kier alpha value is -1.62. The van der Waals surface area contributed by atoms with Crippen LogP contribution < -0.4 is 0 Å². The van der Waals surface area contributed by atoms with E-state index in [0.29, 0.717) is 33.7 Å². The lowest BCUT2D eigenvalue weighted by molar-refractivity contribution is 0.0700. The van der Waals surface area contributed by atoms with Crippen LogP contribution in [0.2, 0.25) is 0 Å². The van der Waals surface area contributed by atoms with Gasteiger partial charge in [-0.2, -0.15) is 0 Å². The van der Waals surface area contributed by atoms with Gasteiger partial charge in [-0.3, -0.25) is 0 Å². The number of hydrogen-bond donors (Lipinski definition) is 1. The highest BCUT2D eigenvalue weighted by atomic mass is 32.1. The van der Waals surface area contributed by atoms with Crippen molar-refractivity contribution in [3.8, 4) is 10.8 Å². The first-order chi connectivity index (χ1) is 8.49. The fourth-order valence-electron chi connectivity index (χ4n) is 1.73. The molecule has 18 heavy (non-hydrogen) atoms. The monoisotopic (exact) mass is 265 g/mol. The van der Waals surface area contributed by atoms with Crippen LogP contribution in [0.1, 0.15) is 34.8 Å². The number of hydrogen-bond acceptors (Lipinski definition) is 4. The summed E-state index contributed by atoms with van der Waals surface area (Å²) in [6.07, 6.45) is 2.26. The zero-order valence-electron chi connectivity index (χ0n) is 10.6. The first kappa shape index (κ1) is 12.8. The summed E-state index contributed by atoms with van der Waals surface area (Å²) in [5, 5.41) is 9.84. The molecule has 2 aromatic heterocycles. The highest BCUT2D eigenvalue weighted by Crippen LogP contribution is 2.31. The molecule has 2 rings (SSSR count). The number of carboxylic acid groups (broad SMARTS) is 1. The molecule has 2 heterocycles. The molecular weight excluding hydrogens is 250 g/mol. The quantitative estimate of drug-likeness (QED) is 0.917. The van der Waals surface area contributed by atoms with Gasteiger partial charge in [0.25, 0.3) is 0 Å². The summed E-state index contributed by atoms with van der Waals surface area (Å²) in [6.45, 7) is 6.01. The predicted octanol–water partition coefficient (Wildman–Crippen LogP) is 3.61. The summed E-state index contributed by atoms with van der Waals surface area (Å²) in [6, 6.07) is 1.85. The van der Waals surface area contributed by atoms with Crippen molar-refractivity contribution in [3.63, 3.8) is 0 Å². The lowest BCUT2D eigenvalue weighted by atomic mass is 10.1. The van der Waals surface area contributed by atoms with Crippen LogP contribution in [-0.4, -0.2) is 16.1 Å². The van der Waals surface area contributed by atoms with Crippen molar-refractivity contribution in [2.75, 3.05) is 0 Å². The summed E-state index contributed by atoms with van der Waals surface area (Å²) >= 11 is 1.18. The molecule has 0 unspecified atom stereocenters. The van der Waals surface area contributed by atoms with Crippen molar-refractivity contribution >= 4 is 17.3 Å². The molecule has 0 radical (unpaired) electrons. The molecule has 0 aromatic carbocycles. The smallest absolute Gasteiger partial charge is 0.347 e. The van der Waals surface area contributed by atoms with Gasteiger partial charge in [-0.05, 0) is 30.9 Å². The minimum Gasteiger partial charge on any atom is -0.477 e. The Bertz CT molecular complexity index is 569. The van der Waals surface area contributed by atoms with Gasteiger partial charge in [-0.1, -0.05) is 13.8 Å². The molecule has 0 atom stereocenters. The van der Waals surface area contributed by atoms with E-state index < -0.39 is 5.97 Å². The Morgan fingerprint density at radius 3 is 2.78 bits per heavy atom. The molecule has 0 saturated carbocycles. The van der Waals surface area contributed by atoms with Gasteiger partial charge in [0.15, 0.2) is 10.8 Å². The molecule has 0 saturated heterocycles. The van der Waals surface area contributed by atoms with Gasteiger partial charge in [0, 0.05) is 0 Å². The maximum absolute atomic E-state index is 11.2. The fraction of sp³-hybridized carbons (Fsp3) is 0.385. The van der Waals surface area contributed by atoms with Crippen LogP contribution in [0.5, 0.6) is 0 Å². The Kier molecular flexibility index (Phi) is 3.52. The van der Waals surface area contributed by atoms with Crippen molar-refractivity contribution in [2.45, 2.75) is 27.2 Å². The normalized spacial score (nSPS) is 11.1. The largest absolute Gasteiger partial charge is 0.477 e. The minimum atomic E-state index is -0.918. The number of aromatic nitrogens is 1. The molecular formula is C13H15NO3S. The molecule has 0 amide bonds. The van der Waals surface area contributed by atoms with Crippen molar-refractivity contribution in [3.05, 3.63) is 28.5 Å². The average molecular weight is 265 g/mol. The molecule has 0 spiro atoms. The van der Waals surface area contributed by atoms with E-state index in [0.717, 1.165) is 5.56 Å². The third kappa shape index (κ3) is 2.46. The van der Waals surface area contributed by atoms with Crippen LogP contribution in [0.3, 0.4) is 0 Å². The summed E-state index contributed by atoms with van der Waals surface area (Å²) in [5.41, 5.74) is 1.62. The molecule has 4 nitrogen and oxygen atoms in total. The topological polar surface area (TPSA) is 63.3 Å². The molecule has 0 fully saturated rings. The zero-order valence-corrected chi connectivity index (χ0v) is 11.4. The van der Waals surface area contributed by atoms with E-state index in [9.17, 15) is 9.90 Å². The van der Waals surface area contributed by atoms with Gasteiger partial charge in [-0.25, -0.2) is 9.78 Å². The molecule has 2 aromatic rings. The molecule has 0 aliphatic carbocycles. The van der Waals surface area contributed by atoms with E-state index in [2.05, 4.69) is 4.98 Å². The standard InChI is InChI=1S/C13H15NO3S/c1-7(2)6-9-11(13(15)16)18-12(14-9)10-8(3)4-5-17-10/h4-5,7H,6H2,1-3H3,(H,15,16). The number of aryl methyl sites for hydroxylation is 1. The lowest BCUT2D eigenvalue weighted by Crippen LogP contribution is -2.02. The maximum Gasteiger partial charge on any atom is 0.347 e. The van der Waals surface area contributed by atoms with E-state index in [1.165, 1.54) is 11.3 Å². The van der Waals surface area contributed by atoms with Crippen LogP contribution in [0.15, 0.2) is 16.7 Å². The summed E-state index contributed by atoms with van der Waals surface area (Å²) in [5.74, 6) is 0.117. The molecule has 0 bridgehead atoms. The van der Waals surface area contributed by atoms with Gasteiger partial charge in [0.2, 0.25) is 0 Å². The summed E-state index contributed by atoms with van der Waals surface area (Å²) in [4.78, 5) is 15.9. The number of rotatable bonds is 4. The number of furan rings is 1. The zero-order chi connectivity index (χ0) is 13.3. The van der Waals surface area contributed by atoms with E-state index in [-0.39, 0.29) is 0 Å². The van der Waals surface area contributed by atoms with Gasteiger partial charge in [-0.15, -0.1) is 11.3 Å². The average Bonchev–Trinajstić information content (AvgIpc) is 2.83. The van der Waals surface area contributed by atoms with E-state index in [1.54, 1.807) is 6.26 Å². The Morgan fingerprint density at radius 1 is 1.56 bits per heavy atom.